The lowest BCUT2D eigenvalue weighted by Gasteiger charge is -1.89. The average Bonchev–Trinajstić information content (AvgIpc) is 2.63. The van der Waals surface area contributed by atoms with Gasteiger partial charge in [-0.25, -0.2) is 0 Å². The molecule has 0 aliphatic rings. The third-order valence-electron chi connectivity index (χ3n) is 2.08. The van der Waals surface area contributed by atoms with E-state index in [2.05, 4.69) is 23.6 Å². The summed E-state index contributed by atoms with van der Waals surface area (Å²) in [7, 11) is 0. The summed E-state index contributed by atoms with van der Waals surface area (Å²) in [5, 5.41) is 14.2. The second kappa shape index (κ2) is 2.47. The van der Waals surface area contributed by atoms with Crippen LogP contribution in [0.5, 0.6) is 5.06 Å². The molecule has 3 aromatic rings. The van der Waals surface area contributed by atoms with Gasteiger partial charge in [0.15, 0.2) is 5.06 Å². The largest absolute Gasteiger partial charge is 0.499 e. The Morgan fingerprint density at radius 2 is 1.92 bits per heavy atom. The second-order valence-corrected chi connectivity index (χ2v) is 4.94. The Kier molecular flexibility index (Phi) is 1.39. The fourth-order valence-electron chi connectivity index (χ4n) is 1.48. The van der Waals surface area contributed by atoms with Crippen molar-refractivity contribution in [1.29, 1.82) is 0 Å². The van der Waals surface area contributed by atoms with E-state index >= 15 is 0 Å². The SMILES string of the molecule is Oc1cc2cc3ccsc3cc2s1. The molecule has 2 aromatic heterocycles. The van der Waals surface area contributed by atoms with Gasteiger partial charge in [-0.1, -0.05) is 11.3 Å². The highest BCUT2D eigenvalue weighted by atomic mass is 32.1. The van der Waals surface area contributed by atoms with Crippen molar-refractivity contribution in [1.82, 2.24) is 0 Å². The van der Waals surface area contributed by atoms with Gasteiger partial charge in [0.05, 0.1) is 0 Å². The van der Waals surface area contributed by atoms with E-state index in [0.717, 1.165) is 10.1 Å². The summed E-state index contributed by atoms with van der Waals surface area (Å²) in [5.41, 5.74) is 0. The van der Waals surface area contributed by atoms with Gasteiger partial charge in [0, 0.05) is 9.40 Å². The van der Waals surface area contributed by atoms with Crippen molar-refractivity contribution in [2.45, 2.75) is 0 Å². The molecule has 0 spiro atoms. The Bertz CT molecular complexity index is 529. The maximum atomic E-state index is 9.32. The van der Waals surface area contributed by atoms with Crippen LogP contribution in [0.2, 0.25) is 0 Å². The van der Waals surface area contributed by atoms with Gasteiger partial charge in [0.25, 0.3) is 0 Å². The highest BCUT2D eigenvalue weighted by Crippen LogP contribution is 2.35. The summed E-state index contributed by atoms with van der Waals surface area (Å²) < 4.78 is 2.45. The molecule has 0 atom stereocenters. The summed E-state index contributed by atoms with van der Waals surface area (Å²) in [6, 6.07) is 8.18. The molecule has 0 fully saturated rings. The van der Waals surface area contributed by atoms with E-state index in [1.165, 1.54) is 21.4 Å². The van der Waals surface area contributed by atoms with Crippen molar-refractivity contribution < 1.29 is 5.11 Å². The Balaban J connectivity index is 2.54. The van der Waals surface area contributed by atoms with Gasteiger partial charge in [0.2, 0.25) is 0 Å². The molecule has 3 rings (SSSR count). The zero-order chi connectivity index (χ0) is 8.84. The molecule has 0 aliphatic heterocycles. The zero-order valence-electron chi connectivity index (χ0n) is 6.65. The lowest BCUT2D eigenvalue weighted by atomic mass is 10.2. The molecule has 0 saturated heterocycles. The zero-order valence-corrected chi connectivity index (χ0v) is 8.28. The summed E-state index contributed by atoms with van der Waals surface area (Å²) in [6.07, 6.45) is 0. The van der Waals surface area contributed by atoms with Crippen LogP contribution in [0.25, 0.3) is 20.2 Å². The Hall–Kier alpha value is -1.06. The van der Waals surface area contributed by atoms with Gasteiger partial charge >= 0.3 is 0 Å². The molecule has 0 radical (unpaired) electrons. The van der Waals surface area contributed by atoms with Crippen molar-refractivity contribution in [2.75, 3.05) is 0 Å². The fraction of sp³-hybridized carbons (Fsp3) is 0. The third kappa shape index (κ3) is 1.04. The molecule has 1 nitrogen and oxygen atoms in total. The molecule has 0 aliphatic carbocycles. The van der Waals surface area contributed by atoms with Gasteiger partial charge in [-0.2, -0.15) is 0 Å². The first kappa shape index (κ1) is 7.35. The van der Waals surface area contributed by atoms with Crippen LogP contribution >= 0.6 is 22.7 Å². The molecular weight excluding hydrogens is 200 g/mol. The number of hydrogen-bond donors (Lipinski definition) is 1. The van der Waals surface area contributed by atoms with Crippen LogP contribution in [0.1, 0.15) is 0 Å². The van der Waals surface area contributed by atoms with E-state index in [0.29, 0.717) is 5.06 Å². The molecule has 0 bridgehead atoms. The average molecular weight is 206 g/mol. The normalized spacial score (nSPS) is 11.4. The minimum atomic E-state index is 0.396. The molecule has 0 saturated carbocycles. The summed E-state index contributed by atoms with van der Waals surface area (Å²) in [5.74, 6) is 0. The van der Waals surface area contributed by atoms with Crippen molar-refractivity contribution in [3.63, 3.8) is 0 Å². The molecule has 64 valence electrons. The van der Waals surface area contributed by atoms with Gasteiger partial charge in [0.1, 0.15) is 0 Å². The molecule has 3 heteroatoms. The van der Waals surface area contributed by atoms with Gasteiger partial charge in [-0.05, 0) is 40.4 Å². The molecule has 2 heterocycles. The first-order chi connectivity index (χ1) is 6.33. The standard InChI is InChI=1S/C10H6OS2/c11-10-4-7-3-6-1-2-12-8(6)5-9(7)13-10/h1-5,11H. The van der Waals surface area contributed by atoms with E-state index in [4.69, 9.17) is 0 Å². The number of thiophene rings is 2. The number of aromatic hydroxyl groups is 1. The first-order valence-electron chi connectivity index (χ1n) is 3.93. The first-order valence-corrected chi connectivity index (χ1v) is 5.62. The maximum Gasteiger partial charge on any atom is 0.172 e. The smallest absolute Gasteiger partial charge is 0.172 e. The van der Waals surface area contributed by atoms with Crippen LogP contribution in [0, 0.1) is 0 Å². The predicted molar refractivity (Wildman–Crippen MR) is 58.9 cm³/mol. The minimum absolute atomic E-state index is 0.396. The predicted octanol–water partition coefficient (Wildman–Crippen LogP) is 3.82. The van der Waals surface area contributed by atoms with Crippen LogP contribution < -0.4 is 0 Å². The summed E-state index contributed by atoms with van der Waals surface area (Å²) >= 11 is 3.17. The molecule has 1 N–H and O–H groups in total. The highest BCUT2D eigenvalue weighted by molar-refractivity contribution is 7.21. The fourth-order valence-corrected chi connectivity index (χ4v) is 3.19. The van der Waals surface area contributed by atoms with Crippen LogP contribution in [-0.4, -0.2) is 5.11 Å². The number of rotatable bonds is 0. The molecular formula is C10H6OS2. The van der Waals surface area contributed by atoms with Crippen molar-refractivity contribution in [3.05, 3.63) is 29.6 Å². The second-order valence-electron chi connectivity index (χ2n) is 2.93. The van der Waals surface area contributed by atoms with Gasteiger partial charge in [-0.3, -0.25) is 0 Å². The Labute approximate surface area is 82.9 Å². The maximum absolute atomic E-state index is 9.32. The van der Waals surface area contributed by atoms with Crippen LogP contribution in [0.4, 0.5) is 0 Å². The van der Waals surface area contributed by atoms with Crippen LogP contribution in [0.3, 0.4) is 0 Å². The van der Waals surface area contributed by atoms with Gasteiger partial charge in [-0.15, -0.1) is 11.3 Å². The van der Waals surface area contributed by atoms with E-state index in [9.17, 15) is 5.11 Å². The molecule has 13 heavy (non-hydrogen) atoms. The molecule has 1 aromatic carbocycles. The lowest BCUT2D eigenvalue weighted by Crippen LogP contribution is -1.61. The molecule has 0 unspecified atom stereocenters. The van der Waals surface area contributed by atoms with E-state index in [1.807, 2.05) is 6.07 Å². The van der Waals surface area contributed by atoms with E-state index < -0.39 is 0 Å². The van der Waals surface area contributed by atoms with Crippen molar-refractivity contribution >= 4 is 42.8 Å². The molecule has 0 amide bonds. The quantitative estimate of drug-likeness (QED) is 0.592. The minimum Gasteiger partial charge on any atom is -0.499 e. The van der Waals surface area contributed by atoms with Crippen LogP contribution in [-0.2, 0) is 0 Å². The lowest BCUT2D eigenvalue weighted by molar-refractivity contribution is 0.491. The monoisotopic (exact) mass is 206 g/mol. The van der Waals surface area contributed by atoms with Crippen molar-refractivity contribution in [3.8, 4) is 5.06 Å². The highest BCUT2D eigenvalue weighted by Gasteiger charge is 2.02. The van der Waals surface area contributed by atoms with Crippen molar-refractivity contribution in [2.24, 2.45) is 0 Å². The summed E-state index contributed by atoms with van der Waals surface area (Å²) in [6.45, 7) is 0. The van der Waals surface area contributed by atoms with Crippen LogP contribution in [0.15, 0.2) is 29.6 Å². The van der Waals surface area contributed by atoms with E-state index in [-0.39, 0.29) is 0 Å². The number of hydrogen-bond acceptors (Lipinski definition) is 3. The number of fused-ring (bicyclic) bond motifs is 2. The van der Waals surface area contributed by atoms with E-state index in [1.54, 1.807) is 11.3 Å². The Morgan fingerprint density at radius 1 is 1.00 bits per heavy atom. The Morgan fingerprint density at radius 3 is 2.85 bits per heavy atom. The summed E-state index contributed by atoms with van der Waals surface area (Å²) in [4.78, 5) is 0. The number of benzene rings is 1. The topological polar surface area (TPSA) is 20.2 Å². The third-order valence-corrected chi connectivity index (χ3v) is 3.86. The van der Waals surface area contributed by atoms with Gasteiger partial charge < -0.3 is 5.11 Å².